The standard InChI is InChI=1S/C12H14ClN3S/c1-7-5-8(2)10(15-6-7)11(16-14)12-9(13)3-4-17-12/h3-6,11,16H,14H2,1-2H3. The Bertz CT molecular complexity index is 524. The summed E-state index contributed by atoms with van der Waals surface area (Å²) in [6.45, 7) is 4.05. The Morgan fingerprint density at radius 1 is 1.47 bits per heavy atom. The van der Waals surface area contributed by atoms with Crippen molar-refractivity contribution in [2.75, 3.05) is 0 Å². The fourth-order valence-corrected chi connectivity index (χ4v) is 3.05. The van der Waals surface area contributed by atoms with E-state index in [-0.39, 0.29) is 6.04 Å². The molecule has 0 aliphatic rings. The third-order valence-electron chi connectivity index (χ3n) is 2.60. The number of halogens is 1. The Kier molecular flexibility index (Phi) is 3.79. The summed E-state index contributed by atoms with van der Waals surface area (Å²) in [5.41, 5.74) is 5.95. The number of hydrogen-bond donors (Lipinski definition) is 2. The zero-order valence-corrected chi connectivity index (χ0v) is 11.3. The smallest absolute Gasteiger partial charge is 0.0990 e. The third-order valence-corrected chi connectivity index (χ3v) is 4.03. The van der Waals surface area contributed by atoms with Crippen molar-refractivity contribution >= 4 is 22.9 Å². The largest absolute Gasteiger partial charge is 0.270 e. The molecule has 0 bridgehead atoms. The molecule has 0 aliphatic heterocycles. The quantitative estimate of drug-likeness (QED) is 0.664. The first-order chi connectivity index (χ1) is 8.13. The second-order valence-electron chi connectivity index (χ2n) is 3.95. The number of hydrazine groups is 1. The molecule has 3 N–H and O–H groups in total. The van der Waals surface area contributed by atoms with Crippen molar-refractivity contribution < 1.29 is 0 Å². The van der Waals surface area contributed by atoms with Gasteiger partial charge in [-0.3, -0.25) is 10.8 Å². The van der Waals surface area contributed by atoms with Crippen molar-refractivity contribution in [1.29, 1.82) is 0 Å². The Morgan fingerprint density at radius 3 is 2.76 bits per heavy atom. The van der Waals surface area contributed by atoms with E-state index in [0.717, 1.165) is 26.7 Å². The second-order valence-corrected chi connectivity index (χ2v) is 5.30. The van der Waals surface area contributed by atoms with Crippen LogP contribution in [0, 0.1) is 13.8 Å². The van der Waals surface area contributed by atoms with Gasteiger partial charge >= 0.3 is 0 Å². The lowest BCUT2D eigenvalue weighted by Crippen LogP contribution is -2.29. The van der Waals surface area contributed by atoms with Gasteiger partial charge in [-0.2, -0.15) is 0 Å². The van der Waals surface area contributed by atoms with Crippen LogP contribution in [0.15, 0.2) is 23.7 Å². The summed E-state index contributed by atoms with van der Waals surface area (Å²) in [7, 11) is 0. The lowest BCUT2D eigenvalue weighted by Gasteiger charge is -2.17. The van der Waals surface area contributed by atoms with Gasteiger partial charge in [-0.15, -0.1) is 11.3 Å². The minimum Gasteiger partial charge on any atom is -0.270 e. The van der Waals surface area contributed by atoms with Gasteiger partial charge in [0.1, 0.15) is 0 Å². The first-order valence-corrected chi connectivity index (χ1v) is 6.51. The molecule has 0 spiro atoms. The van der Waals surface area contributed by atoms with Crippen molar-refractivity contribution in [1.82, 2.24) is 10.4 Å². The number of thiophene rings is 1. The van der Waals surface area contributed by atoms with E-state index in [9.17, 15) is 0 Å². The summed E-state index contributed by atoms with van der Waals surface area (Å²) in [6.07, 6.45) is 1.84. The highest BCUT2D eigenvalue weighted by atomic mass is 35.5. The molecule has 0 aliphatic carbocycles. The predicted octanol–water partition coefficient (Wildman–Crippen LogP) is 2.97. The molecular weight excluding hydrogens is 254 g/mol. The molecule has 1 unspecified atom stereocenters. The van der Waals surface area contributed by atoms with Gasteiger partial charge in [-0.1, -0.05) is 17.7 Å². The molecule has 0 fully saturated rings. The van der Waals surface area contributed by atoms with Crippen molar-refractivity contribution in [3.8, 4) is 0 Å². The Balaban J connectivity index is 2.46. The van der Waals surface area contributed by atoms with Crippen LogP contribution < -0.4 is 11.3 Å². The molecule has 2 rings (SSSR count). The van der Waals surface area contributed by atoms with E-state index in [2.05, 4.69) is 16.5 Å². The number of aromatic nitrogens is 1. The monoisotopic (exact) mass is 267 g/mol. The summed E-state index contributed by atoms with van der Waals surface area (Å²) in [4.78, 5) is 5.45. The van der Waals surface area contributed by atoms with Crippen LogP contribution >= 0.6 is 22.9 Å². The van der Waals surface area contributed by atoms with Crippen molar-refractivity contribution in [3.63, 3.8) is 0 Å². The second kappa shape index (κ2) is 5.14. The van der Waals surface area contributed by atoms with Crippen LogP contribution in [0.5, 0.6) is 0 Å². The maximum Gasteiger partial charge on any atom is 0.0990 e. The summed E-state index contributed by atoms with van der Waals surface area (Å²) >= 11 is 7.71. The Hall–Kier alpha value is -0.940. The summed E-state index contributed by atoms with van der Waals surface area (Å²) in [5.74, 6) is 5.63. The van der Waals surface area contributed by atoms with E-state index in [4.69, 9.17) is 17.4 Å². The number of aryl methyl sites for hydroxylation is 2. The average Bonchev–Trinajstić information content (AvgIpc) is 2.69. The molecule has 0 radical (unpaired) electrons. The molecule has 5 heteroatoms. The maximum absolute atomic E-state index is 6.13. The maximum atomic E-state index is 6.13. The Labute approximate surface area is 110 Å². The van der Waals surface area contributed by atoms with Gasteiger partial charge in [0, 0.05) is 11.1 Å². The number of rotatable bonds is 3. The van der Waals surface area contributed by atoms with Crippen LogP contribution in [-0.4, -0.2) is 4.98 Å². The van der Waals surface area contributed by atoms with Crippen LogP contribution in [0.1, 0.15) is 27.7 Å². The molecule has 3 nitrogen and oxygen atoms in total. The normalized spacial score (nSPS) is 12.7. The van der Waals surface area contributed by atoms with Crippen molar-refractivity contribution in [3.05, 3.63) is 50.4 Å². The van der Waals surface area contributed by atoms with Gasteiger partial charge in [-0.05, 0) is 36.4 Å². The van der Waals surface area contributed by atoms with E-state index in [1.807, 2.05) is 31.5 Å². The van der Waals surface area contributed by atoms with Crippen LogP contribution in [0.2, 0.25) is 5.02 Å². The first kappa shape index (κ1) is 12.5. The highest BCUT2D eigenvalue weighted by Crippen LogP contribution is 2.32. The zero-order valence-electron chi connectivity index (χ0n) is 9.70. The van der Waals surface area contributed by atoms with Gasteiger partial charge in [0.2, 0.25) is 0 Å². The molecule has 2 aromatic rings. The fourth-order valence-electron chi connectivity index (χ4n) is 1.82. The van der Waals surface area contributed by atoms with Gasteiger partial charge in [0.25, 0.3) is 0 Å². The van der Waals surface area contributed by atoms with Gasteiger partial charge in [0.15, 0.2) is 0 Å². The number of hydrogen-bond acceptors (Lipinski definition) is 4. The molecule has 90 valence electrons. The van der Waals surface area contributed by atoms with Crippen molar-refractivity contribution in [2.45, 2.75) is 19.9 Å². The third kappa shape index (κ3) is 2.50. The zero-order chi connectivity index (χ0) is 12.4. The lowest BCUT2D eigenvalue weighted by molar-refractivity contribution is 0.626. The number of nitrogens with two attached hydrogens (primary N) is 1. The SMILES string of the molecule is Cc1cnc(C(NN)c2sccc2Cl)c(C)c1. The number of nitrogens with zero attached hydrogens (tertiary/aromatic N) is 1. The van der Waals surface area contributed by atoms with Crippen LogP contribution in [0.4, 0.5) is 0 Å². The van der Waals surface area contributed by atoms with Crippen molar-refractivity contribution in [2.24, 2.45) is 5.84 Å². The van der Waals surface area contributed by atoms with E-state index in [0.29, 0.717) is 0 Å². The highest BCUT2D eigenvalue weighted by Gasteiger charge is 2.20. The highest BCUT2D eigenvalue weighted by molar-refractivity contribution is 7.10. The van der Waals surface area contributed by atoms with Gasteiger partial charge < -0.3 is 0 Å². The Morgan fingerprint density at radius 2 is 2.24 bits per heavy atom. The van der Waals surface area contributed by atoms with Crippen LogP contribution in [0.25, 0.3) is 0 Å². The van der Waals surface area contributed by atoms with E-state index >= 15 is 0 Å². The van der Waals surface area contributed by atoms with E-state index in [1.165, 1.54) is 0 Å². The fraction of sp³-hybridized carbons (Fsp3) is 0.250. The molecule has 0 saturated heterocycles. The summed E-state index contributed by atoms with van der Waals surface area (Å²) < 4.78 is 0. The summed E-state index contributed by atoms with van der Waals surface area (Å²) in [5, 5.41) is 2.67. The van der Waals surface area contributed by atoms with Crippen LogP contribution in [0.3, 0.4) is 0 Å². The number of nitrogens with one attached hydrogen (secondary N) is 1. The summed E-state index contributed by atoms with van der Waals surface area (Å²) in [6, 6.07) is 3.81. The minimum atomic E-state index is -0.150. The molecule has 2 heterocycles. The lowest BCUT2D eigenvalue weighted by atomic mass is 10.1. The van der Waals surface area contributed by atoms with Gasteiger partial charge in [-0.25, -0.2) is 5.43 Å². The molecule has 1 atom stereocenters. The van der Waals surface area contributed by atoms with E-state index < -0.39 is 0 Å². The van der Waals surface area contributed by atoms with Gasteiger partial charge in [0.05, 0.1) is 16.8 Å². The molecule has 2 aromatic heterocycles. The molecular formula is C12H14ClN3S. The minimum absolute atomic E-state index is 0.150. The first-order valence-electron chi connectivity index (χ1n) is 5.25. The molecule has 17 heavy (non-hydrogen) atoms. The number of pyridine rings is 1. The molecule has 0 amide bonds. The van der Waals surface area contributed by atoms with Crippen LogP contribution in [-0.2, 0) is 0 Å². The molecule has 0 saturated carbocycles. The van der Waals surface area contributed by atoms with E-state index in [1.54, 1.807) is 11.3 Å². The molecule has 0 aromatic carbocycles. The average molecular weight is 268 g/mol. The predicted molar refractivity (Wildman–Crippen MR) is 72.2 cm³/mol. The topological polar surface area (TPSA) is 50.9 Å².